The number of halogens is 2. The van der Waals surface area contributed by atoms with Crippen LogP contribution < -0.4 is 5.32 Å². The van der Waals surface area contributed by atoms with Crippen molar-refractivity contribution < 1.29 is 8.42 Å². The van der Waals surface area contributed by atoms with Crippen LogP contribution in [0, 0.1) is 6.92 Å². The quantitative estimate of drug-likeness (QED) is 0.905. The van der Waals surface area contributed by atoms with Crippen molar-refractivity contribution in [2.24, 2.45) is 0 Å². The van der Waals surface area contributed by atoms with E-state index in [-0.39, 0.29) is 18.4 Å². The number of benzene rings is 1. The first-order valence-electron chi connectivity index (χ1n) is 5.91. The third kappa shape index (κ3) is 3.41. The molecule has 0 amide bonds. The third-order valence-corrected chi connectivity index (χ3v) is 5.57. The molecule has 0 radical (unpaired) electrons. The SMILES string of the molecule is Cc1ccc(Cl)cc1S(=O)(=O)N1CCNC[C@@H]1C.Cl. The first-order valence-corrected chi connectivity index (χ1v) is 7.73. The van der Waals surface area contributed by atoms with E-state index in [0.717, 1.165) is 5.56 Å². The number of hydrogen-bond donors (Lipinski definition) is 1. The van der Waals surface area contributed by atoms with Crippen LogP contribution in [0.3, 0.4) is 0 Å². The second-order valence-electron chi connectivity index (χ2n) is 4.58. The fourth-order valence-corrected chi connectivity index (χ4v) is 4.28. The Hall–Kier alpha value is -0.330. The topological polar surface area (TPSA) is 49.4 Å². The summed E-state index contributed by atoms with van der Waals surface area (Å²) in [5, 5.41) is 3.63. The summed E-state index contributed by atoms with van der Waals surface area (Å²) in [6.07, 6.45) is 0. The van der Waals surface area contributed by atoms with Gasteiger partial charge in [-0.2, -0.15) is 4.31 Å². The van der Waals surface area contributed by atoms with E-state index in [1.54, 1.807) is 23.4 Å². The molecule has 1 saturated heterocycles. The molecule has 0 aromatic heterocycles. The molecule has 0 spiro atoms. The molecule has 1 heterocycles. The Morgan fingerprint density at radius 3 is 2.74 bits per heavy atom. The fourth-order valence-electron chi connectivity index (χ4n) is 2.16. The van der Waals surface area contributed by atoms with E-state index >= 15 is 0 Å². The van der Waals surface area contributed by atoms with Crippen molar-refractivity contribution in [2.45, 2.75) is 24.8 Å². The van der Waals surface area contributed by atoms with Crippen molar-refractivity contribution in [1.82, 2.24) is 9.62 Å². The molecule has 1 atom stereocenters. The molecule has 7 heteroatoms. The molecule has 4 nitrogen and oxygen atoms in total. The standard InChI is InChI=1S/C12H17ClN2O2S.ClH/c1-9-3-4-11(13)7-12(9)18(16,17)15-6-5-14-8-10(15)2;/h3-4,7,10,14H,5-6,8H2,1-2H3;1H/t10-;/m0./s1. The summed E-state index contributed by atoms with van der Waals surface area (Å²) in [6.45, 7) is 5.55. The third-order valence-electron chi connectivity index (χ3n) is 3.18. The summed E-state index contributed by atoms with van der Waals surface area (Å²) in [6, 6.07) is 4.93. The van der Waals surface area contributed by atoms with E-state index < -0.39 is 10.0 Å². The molecule has 0 saturated carbocycles. The Labute approximate surface area is 125 Å². The predicted molar refractivity (Wildman–Crippen MR) is 79.7 cm³/mol. The monoisotopic (exact) mass is 324 g/mol. The highest BCUT2D eigenvalue weighted by atomic mass is 35.5. The highest BCUT2D eigenvalue weighted by Gasteiger charge is 2.31. The summed E-state index contributed by atoms with van der Waals surface area (Å²) in [5.41, 5.74) is 0.727. The van der Waals surface area contributed by atoms with Crippen molar-refractivity contribution in [3.8, 4) is 0 Å². The molecule has 1 aromatic carbocycles. The Kier molecular flexibility index (Phi) is 5.65. The Balaban J connectivity index is 0.00000180. The second kappa shape index (κ2) is 6.41. The number of hydrogen-bond acceptors (Lipinski definition) is 3. The molecule has 2 rings (SSSR count). The van der Waals surface area contributed by atoms with Gasteiger partial charge in [-0.25, -0.2) is 8.42 Å². The van der Waals surface area contributed by atoms with Gasteiger partial charge < -0.3 is 5.32 Å². The Morgan fingerprint density at radius 2 is 2.11 bits per heavy atom. The highest BCUT2D eigenvalue weighted by Crippen LogP contribution is 2.25. The van der Waals surface area contributed by atoms with Crippen molar-refractivity contribution >= 4 is 34.0 Å². The van der Waals surface area contributed by atoms with E-state index in [4.69, 9.17) is 11.6 Å². The summed E-state index contributed by atoms with van der Waals surface area (Å²) in [5.74, 6) is 0. The molecular formula is C12H18Cl2N2O2S. The van der Waals surface area contributed by atoms with Gasteiger partial charge in [0.1, 0.15) is 0 Å². The molecule has 1 fully saturated rings. The van der Waals surface area contributed by atoms with Crippen LogP contribution in [-0.2, 0) is 10.0 Å². The number of nitrogens with one attached hydrogen (secondary N) is 1. The van der Waals surface area contributed by atoms with Gasteiger partial charge in [-0.05, 0) is 31.5 Å². The van der Waals surface area contributed by atoms with Gasteiger partial charge in [0, 0.05) is 30.7 Å². The lowest BCUT2D eigenvalue weighted by molar-refractivity contribution is 0.283. The zero-order valence-electron chi connectivity index (χ0n) is 10.9. The van der Waals surface area contributed by atoms with Crippen LogP contribution in [-0.4, -0.2) is 38.4 Å². The van der Waals surface area contributed by atoms with Crippen molar-refractivity contribution in [3.63, 3.8) is 0 Å². The number of aryl methyl sites for hydroxylation is 1. The minimum Gasteiger partial charge on any atom is -0.314 e. The Bertz CT molecular complexity index is 549. The lowest BCUT2D eigenvalue weighted by Crippen LogP contribution is -2.52. The minimum atomic E-state index is -3.46. The largest absolute Gasteiger partial charge is 0.314 e. The molecule has 0 bridgehead atoms. The Morgan fingerprint density at radius 1 is 1.42 bits per heavy atom. The molecule has 1 aromatic rings. The maximum absolute atomic E-state index is 12.6. The van der Waals surface area contributed by atoms with Crippen LogP contribution in [0.1, 0.15) is 12.5 Å². The molecule has 1 aliphatic rings. The number of rotatable bonds is 2. The smallest absolute Gasteiger partial charge is 0.243 e. The summed E-state index contributed by atoms with van der Waals surface area (Å²) >= 11 is 5.90. The zero-order valence-corrected chi connectivity index (χ0v) is 13.3. The predicted octanol–water partition coefficient (Wildman–Crippen LogP) is 2.05. The van der Waals surface area contributed by atoms with Crippen LogP contribution in [0.5, 0.6) is 0 Å². The van der Waals surface area contributed by atoms with E-state index in [1.807, 2.05) is 6.92 Å². The van der Waals surface area contributed by atoms with Crippen molar-refractivity contribution in [1.29, 1.82) is 0 Å². The van der Waals surface area contributed by atoms with Gasteiger partial charge in [0.25, 0.3) is 0 Å². The van der Waals surface area contributed by atoms with Gasteiger partial charge in [0.15, 0.2) is 0 Å². The number of piperazine rings is 1. The van der Waals surface area contributed by atoms with Crippen LogP contribution in [0.25, 0.3) is 0 Å². The molecule has 0 unspecified atom stereocenters. The van der Waals surface area contributed by atoms with Crippen LogP contribution in [0.2, 0.25) is 5.02 Å². The first kappa shape index (κ1) is 16.7. The lowest BCUT2D eigenvalue weighted by Gasteiger charge is -2.33. The maximum Gasteiger partial charge on any atom is 0.243 e. The van der Waals surface area contributed by atoms with E-state index in [2.05, 4.69) is 5.32 Å². The summed E-state index contributed by atoms with van der Waals surface area (Å²) in [4.78, 5) is 0.309. The van der Waals surface area contributed by atoms with E-state index in [0.29, 0.717) is 29.6 Å². The van der Waals surface area contributed by atoms with Gasteiger partial charge in [0.2, 0.25) is 10.0 Å². The molecular weight excluding hydrogens is 307 g/mol. The van der Waals surface area contributed by atoms with Gasteiger partial charge in [0.05, 0.1) is 4.90 Å². The average Bonchev–Trinajstić information content (AvgIpc) is 2.32. The van der Waals surface area contributed by atoms with Crippen LogP contribution >= 0.6 is 24.0 Å². The van der Waals surface area contributed by atoms with E-state index in [1.165, 1.54) is 6.07 Å². The second-order valence-corrected chi connectivity index (χ2v) is 6.87. The minimum absolute atomic E-state index is 0. The first-order chi connectivity index (χ1) is 8.43. The molecule has 19 heavy (non-hydrogen) atoms. The summed E-state index contributed by atoms with van der Waals surface area (Å²) in [7, 11) is -3.46. The molecule has 1 aliphatic heterocycles. The van der Waals surface area contributed by atoms with E-state index in [9.17, 15) is 8.42 Å². The molecule has 0 aliphatic carbocycles. The molecule has 108 valence electrons. The maximum atomic E-state index is 12.6. The van der Waals surface area contributed by atoms with Crippen molar-refractivity contribution in [2.75, 3.05) is 19.6 Å². The van der Waals surface area contributed by atoms with Crippen LogP contribution in [0.15, 0.2) is 23.1 Å². The van der Waals surface area contributed by atoms with Gasteiger partial charge in [-0.3, -0.25) is 0 Å². The number of nitrogens with zero attached hydrogens (tertiary/aromatic N) is 1. The highest BCUT2D eigenvalue weighted by molar-refractivity contribution is 7.89. The van der Waals surface area contributed by atoms with Gasteiger partial charge in [-0.1, -0.05) is 17.7 Å². The van der Waals surface area contributed by atoms with Crippen molar-refractivity contribution in [3.05, 3.63) is 28.8 Å². The summed E-state index contributed by atoms with van der Waals surface area (Å²) < 4.78 is 26.8. The fraction of sp³-hybridized carbons (Fsp3) is 0.500. The number of sulfonamides is 1. The van der Waals surface area contributed by atoms with Crippen LogP contribution in [0.4, 0.5) is 0 Å². The van der Waals surface area contributed by atoms with Gasteiger partial charge in [-0.15, -0.1) is 12.4 Å². The zero-order chi connectivity index (χ0) is 13.3. The van der Waals surface area contributed by atoms with Gasteiger partial charge >= 0.3 is 0 Å². The normalized spacial score (nSPS) is 20.9. The average molecular weight is 325 g/mol. The molecule has 1 N–H and O–H groups in total. The lowest BCUT2D eigenvalue weighted by atomic mass is 10.2.